The van der Waals surface area contributed by atoms with Crippen molar-refractivity contribution in [2.24, 2.45) is 0 Å². The largest absolute Gasteiger partial charge is 0.573 e. The Labute approximate surface area is 201 Å². The maximum absolute atomic E-state index is 13.5. The summed E-state index contributed by atoms with van der Waals surface area (Å²) < 4.78 is 69.4. The number of rotatable bonds is 7. The van der Waals surface area contributed by atoms with E-state index in [0.29, 0.717) is 17.7 Å². The van der Waals surface area contributed by atoms with Gasteiger partial charge in [-0.15, -0.1) is 13.2 Å². The summed E-state index contributed by atoms with van der Waals surface area (Å²) in [5.41, 5.74) is 4.98. The number of benzene rings is 3. The molecule has 0 saturated heterocycles. The standard InChI is InChI=1S/C25H24F3N3O3S/c1-16-4-11-23(17(2)12-16)30-19-5-10-22-18(14-29-3)15-31(24(22)13-19)35(32,33)21-8-6-20(7-9-21)34-25(26,27)28/h4-13,15,29-30H,14H2,1-3H3. The molecule has 0 radical (unpaired) electrons. The second-order valence-corrected chi connectivity index (χ2v) is 9.99. The highest BCUT2D eigenvalue weighted by molar-refractivity contribution is 7.90. The van der Waals surface area contributed by atoms with Crippen molar-refractivity contribution in [3.8, 4) is 5.75 Å². The number of nitrogens with one attached hydrogen (secondary N) is 2. The highest BCUT2D eigenvalue weighted by Gasteiger charge is 2.31. The van der Waals surface area contributed by atoms with Gasteiger partial charge in [0.1, 0.15) is 5.75 Å². The molecule has 0 aliphatic heterocycles. The third-order valence-electron chi connectivity index (χ3n) is 5.50. The van der Waals surface area contributed by atoms with Crippen LogP contribution in [0.3, 0.4) is 0 Å². The third kappa shape index (κ3) is 5.28. The Balaban J connectivity index is 1.77. The molecule has 0 amide bonds. The van der Waals surface area contributed by atoms with Gasteiger partial charge in [0.2, 0.25) is 0 Å². The fourth-order valence-electron chi connectivity index (χ4n) is 3.91. The molecule has 0 aliphatic rings. The molecule has 1 aromatic heterocycles. The minimum absolute atomic E-state index is 0.160. The van der Waals surface area contributed by atoms with Crippen molar-refractivity contribution >= 4 is 32.3 Å². The van der Waals surface area contributed by atoms with Crippen molar-refractivity contribution in [1.29, 1.82) is 0 Å². The molecule has 184 valence electrons. The Bertz CT molecular complexity index is 1480. The van der Waals surface area contributed by atoms with E-state index in [2.05, 4.69) is 15.4 Å². The van der Waals surface area contributed by atoms with Gasteiger partial charge in [-0.2, -0.15) is 0 Å². The minimum Gasteiger partial charge on any atom is -0.406 e. The van der Waals surface area contributed by atoms with Crippen LogP contribution in [0.2, 0.25) is 0 Å². The van der Waals surface area contributed by atoms with Crippen LogP contribution < -0.4 is 15.4 Å². The van der Waals surface area contributed by atoms with Crippen LogP contribution in [-0.4, -0.2) is 25.8 Å². The van der Waals surface area contributed by atoms with Crippen molar-refractivity contribution in [1.82, 2.24) is 9.29 Å². The summed E-state index contributed by atoms with van der Waals surface area (Å²) in [6, 6.07) is 15.6. The highest BCUT2D eigenvalue weighted by Crippen LogP contribution is 2.31. The van der Waals surface area contributed by atoms with Crippen LogP contribution in [0.1, 0.15) is 16.7 Å². The number of ether oxygens (including phenoxy) is 1. The fraction of sp³-hybridized carbons (Fsp3) is 0.200. The lowest BCUT2D eigenvalue weighted by Crippen LogP contribution is -2.17. The monoisotopic (exact) mass is 503 g/mol. The summed E-state index contributed by atoms with van der Waals surface area (Å²) >= 11 is 0. The van der Waals surface area contributed by atoms with E-state index >= 15 is 0 Å². The molecule has 4 rings (SSSR count). The van der Waals surface area contributed by atoms with Crippen LogP contribution in [0, 0.1) is 13.8 Å². The van der Waals surface area contributed by atoms with Crippen LogP contribution in [0.4, 0.5) is 24.5 Å². The number of anilines is 2. The molecule has 1 heterocycles. The zero-order valence-electron chi connectivity index (χ0n) is 19.3. The molecule has 35 heavy (non-hydrogen) atoms. The van der Waals surface area contributed by atoms with Crippen LogP contribution >= 0.6 is 0 Å². The van der Waals surface area contributed by atoms with Gasteiger partial charge in [0.15, 0.2) is 0 Å². The van der Waals surface area contributed by atoms with E-state index in [-0.39, 0.29) is 4.90 Å². The van der Waals surface area contributed by atoms with Gasteiger partial charge in [-0.1, -0.05) is 23.8 Å². The molecule has 0 atom stereocenters. The summed E-state index contributed by atoms with van der Waals surface area (Å²) in [5.74, 6) is -0.496. The molecule has 0 fully saturated rings. The number of alkyl halides is 3. The Hall–Kier alpha value is -3.50. The summed E-state index contributed by atoms with van der Waals surface area (Å²) in [7, 11) is -2.35. The number of aryl methyl sites for hydroxylation is 2. The summed E-state index contributed by atoms with van der Waals surface area (Å²) in [6.07, 6.45) is -3.34. The Morgan fingerprint density at radius 3 is 2.31 bits per heavy atom. The average Bonchev–Trinajstić information content (AvgIpc) is 3.14. The quantitative estimate of drug-likeness (QED) is 0.331. The Morgan fingerprint density at radius 2 is 1.69 bits per heavy atom. The van der Waals surface area contributed by atoms with Crippen LogP contribution in [-0.2, 0) is 16.6 Å². The van der Waals surface area contributed by atoms with Gasteiger partial charge in [-0.25, -0.2) is 12.4 Å². The fourth-order valence-corrected chi connectivity index (χ4v) is 5.29. The summed E-state index contributed by atoms with van der Waals surface area (Å²) in [5, 5.41) is 7.11. The zero-order chi connectivity index (χ0) is 25.4. The molecule has 6 nitrogen and oxygen atoms in total. The number of fused-ring (bicyclic) bond motifs is 1. The van der Waals surface area contributed by atoms with Gasteiger partial charge >= 0.3 is 6.36 Å². The first-order valence-electron chi connectivity index (χ1n) is 10.7. The molecule has 10 heteroatoms. The Kier molecular flexibility index (Phi) is 6.52. The van der Waals surface area contributed by atoms with Gasteiger partial charge < -0.3 is 15.4 Å². The van der Waals surface area contributed by atoms with Gasteiger partial charge in [0.05, 0.1) is 10.4 Å². The third-order valence-corrected chi connectivity index (χ3v) is 7.18. The molecule has 0 saturated carbocycles. The first-order valence-corrected chi connectivity index (χ1v) is 12.2. The van der Waals surface area contributed by atoms with Gasteiger partial charge in [-0.05, 0) is 74.5 Å². The first kappa shape index (κ1) is 24.6. The second kappa shape index (κ2) is 9.27. The summed E-state index contributed by atoms with van der Waals surface area (Å²) in [4.78, 5) is -0.160. The van der Waals surface area contributed by atoms with Crippen molar-refractivity contribution in [3.63, 3.8) is 0 Å². The smallest absolute Gasteiger partial charge is 0.406 e. The van der Waals surface area contributed by atoms with E-state index in [9.17, 15) is 21.6 Å². The molecule has 4 aromatic rings. The van der Waals surface area contributed by atoms with Crippen LogP contribution in [0.25, 0.3) is 10.9 Å². The molecule has 0 spiro atoms. The van der Waals surface area contributed by atoms with Crippen LogP contribution in [0.5, 0.6) is 5.75 Å². The predicted octanol–water partition coefficient (Wildman–Crippen LogP) is 5.86. The van der Waals surface area contributed by atoms with E-state index in [0.717, 1.165) is 56.0 Å². The average molecular weight is 504 g/mol. The zero-order valence-corrected chi connectivity index (χ0v) is 20.1. The van der Waals surface area contributed by atoms with Gasteiger partial charge in [0.25, 0.3) is 10.0 Å². The molecule has 2 N–H and O–H groups in total. The Morgan fingerprint density at radius 1 is 0.971 bits per heavy atom. The van der Waals surface area contributed by atoms with Crippen LogP contribution in [0.15, 0.2) is 71.8 Å². The van der Waals surface area contributed by atoms with E-state index in [1.54, 1.807) is 13.1 Å². The topological polar surface area (TPSA) is 72.4 Å². The van der Waals surface area contributed by atoms with E-state index in [1.165, 1.54) is 6.20 Å². The lowest BCUT2D eigenvalue weighted by atomic mass is 10.1. The first-order chi connectivity index (χ1) is 16.5. The lowest BCUT2D eigenvalue weighted by molar-refractivity contribution is -0.274. The van der Waals surface area contributed by atoms with Crippen molar-refractivity contribution < 1.29 is 26.3 Å². The van der Waals surface area contributed by atoms with Crippen molar-refractivity contribution in [2.75, 3.05) is 12.4 Å². The number of hydrogen-bond acceptors (Lipinski definition) is 5. The molecule has 3 aromatic carbocycles. The van der Waals surface area contributed by atoms with E-state index in [4.69, 9.17) is 0 Å². The van der Waals surface area contributed by atoms with Gasteiger partial charge in [0, 0.05) is 29.5 Å². The summed E-state index contributed by atoms with van der Waals surface area (Å²) in [6.45, 7) is 4.42. The SMILES string of the molecule is CNCc1cn(S(=O)(=O)c2ccc(OC(F)(F)F)cc2)c2cc(Nc3ccc(C)cc3C)ccc12. The van der Waals surface area contributed by atoms with Crippen molar-refractivity contribution in [3.05, 3.63) is 83.6 Å². The molecule has 0 unspecified atom stereocenters. The predicted molar refractivity (Wildman–Crippen MR) is 130 cm³/mol. The minimum atomic E-state index is -4.86. The molecular weight excluding hydrogens is 479 g/mol. The van der Waals surface area contributed by atoms with Crippen molar-refractivity contribution in [2.45, 2.75) is 31.7 Å². The normalized spacial score (nSPS) is 12.2. The second-order valence-electron chi connectivity index (χ2n) is 8.18. The number of nitrogens with zero attached hydrogens (tertiary/aromatic N) is 1. The maximum Gasteiger partial charge on any atom is 0.573 e. The number of aromatic nitrogens is 1. The highest BCUT2D eigenvalue weighted by atomic mass is 32.2. The van der Waals surface area contributed by atoms with Gasteiger partial charge in [-0.3, -0.25) is 0 Å². The van der Waals surface area contributed by atoms with E-state index in [1.807, 2.05) is 44.2 Å². The maximum atomic E-state index is 13.5. The van der Waals surface area contributed by atoms with E-state index < -0.39 is 22.1 Å². The number of hydrogen-bond donors (Lipinski definition) is 2. The number of halogens is 3. The molecule has 0 aliphatic carbocycles. The molecular formula is C25H24F3N3O3S. The molecule has 0 bridgehead atoms. The lowest BCUT2D eigenvalue weighted by Gasteiger charge is -2.13.